The Morgan fingerprint density at radius 1 is 1.17 bits per heavy atom. The van der Waals surface area contributed by atoms with Gasteiger partial charge in [-0.05, 0) is 72.7 Å². The standard InChI is InChI=1S/C20H20F3NO5S/c21-20(22,23)15-4-7-17(8-5-15)30(27,28)24-11-14-3-1-2-13-10-16(6-9-18(13)14)29-12-19(25)26/h4-10,14,24H,1-3,11-12H2,(H,25,26). The molecule has 2 N–H and O–H groups in total. The van der Waals surface area contributed by atoms with E-state index in [1.807, 2.05) is 0 Å². The van der Waals surface area contributed by atoms with Gasteiger partial charge in [0.05, 0.1) is 10.5 Å². The molecule has 1 unspecified atom stereocenters. The van der Waals surface area contributed by atoms with Crippen molar-refractivity contribution in [1.29, 1.82) is 0 Å². The van der Waals surface area contributed by atoms with Crippen LogP contribution in [0.3, 0.4) is 0 Å². The Bertz CT molecular complexity index is 1020. The van der Waals surface area contributed by atoms with E-state index in [1.54, 1.807) is 18.2 Å². The zero-order valence-corrected chi connectivity index (χ0v) is 16.6. The first-order valence-corrected chi connectivity index (χ1v) is 10.7. The van der Waals surface area contributed by atoms with Gasteiger partial charge in [-0.25, -0.2) is 17.9 Å². The van der Waals surface area contributed by atoms with E-state index in [4.69, 9.17) is 9.84 Å². The third-order valence-electron chi connectivity index (χ3n) is 4.93. The van der Waals surface area contributed by atoms with Crippen molar-refractivity contribution in [3.8, 4) is 5.75 Å². The summed E-state index contributed by atoms with van der Waals surface area (Å²) in [5.41, 5.74) is 0.991. The molecular weight excluding hydrogens is 423 g/mol. The van der Waals surface area contributed by atoms with Crippen molar-refractivity contribution in [2.24, 2.45) is 0 Å². The minimum Gasteiger partial charge on any atom is -0.482 e. The number of hydrogen-bond acceptors (Lipinski definition) is 4. The van der Waals surface area contributed by atoms with Crippen molar-refractivity contribution in [1.82, 2.24) is 4.72 Å². The van der Waals surface area contributed by atoms with Gasteiger partial charge in [-0.15, -0.1) is 0 Å². The van der Waals surface area contributed by atoms with Crippen LogP contribution < -0.4 is 9.46 Å². The van der Waals surface area contributed by atoms with Crippen molar-refractivity contribution in [2.75, 3.05) is 13.2 Å². The quantitative estimate of drug-likeness (QED) is 0.683. The highest BCUT2D eigenvalue weighted by molar-refractivity contribution is 7.89. The molecule has 0 amide bonds. The second-order valence-corrected chi connectivity index (χ2v) is 8.77. The fraction of sp³-hybridized carbons (Fsp3) is 0.350. The largest absolute Gasteiger partial charge is 0.482 e. The monoisotopic (exact) mass is 443 g/mol. The van der Waals surface area contributed by atoms with Crippen LogP contribution in [0.15, 0.2) is 47.4 Å². The molecule has 0 bridgehead atoms. The molecule has 0 saturated heterocycles. The Labute approximate surface area is 171 Å². The molecule has 30 heavy (non-hydrogen) atoms. The number of alkyl halides is 3. The topological polar surface area (TPSA) is 92.7 Å². The molecule has 0 saturated carbocycles. The summed E-state index contributed by atoms with van der Waals surface area (Å²) in [5.74, 6) is -0.753. The molecular formula is C20H20F3NO5S. The molecule has 3 rings (SSSR count). The number of carboxylic acid groups (broad SMARTS) is 1. The zero-order valence-electron chi connectivity index (χ0n) is 15.8. The van der Waals surface area contributed by atoms with Crippen LogP contribution in [0, 0.1) is 0 Å². The van der Waals surface area contributed by atoms with Crippen LogP contribution in [-0.4, -0.2) is 32.6 Å². The number of rotatable bonds is 7. The minimum atomic E-state index is -4.53. The van der Waals surface area contributed by atoms with Gasteiger partial charge in [-0.1, -0.05) is 6.07 Å². The molecule has 0 aliphatic heterocycles. The normalized spacial score (nSPS) is 16.7. The Morgan fingerprint density at radius 2 is 1.87 bits per heavy atom. The van der Waals surface area contributed by atoms with Gasteiger partial charge in [0.15, 0.2) is 6.61 Å². The molecule has 2 aromatic rings. The van der Waals surface area contributed by atoms with E-state index in [0.717, 1.165) is 54.7 Å². The molecule has 1 aliphatic carbocycles. The molecule has 0 radical (unpaired) electrons. The van der Waals surface area contributed by atoms with Gasteiger partial charge in [-0.3, -0.25) is 0 Å². The van der Waals surface area contributed by atoms with E-state index >= 15 is 0 Å². The molecule has 0 spiro atoms. The highest BCUT2D eigenvalue weighted by Crippen LogP contribution is 2.34. The summed E-state index contributed by atoms with van der Waals surface area (Å²) in [6.45, 7) is -0.346. The summed E-state index contributed by atoms with van der Waals surface area (Å²) < 4.78 is 70.6. The first kappa shape index (κ1) is 22.1. The third kappa shape index (κ3) is 5.31. The maximum Gasteiger partial charge on any atom is 0.416 e. The maximum atomic E-state index is 12.7. The lowest BCUT2D eigenvalue weighted by atomic mass is 9.83. The number of sulfonamides is 1. The Kier molecular flexibility index (Phi) is 6.37. The van der Waals surface area contributed by atoms with E-state index in [1.165, 1.54) is 0 Å². The maximum absolute atomic E-state index is 12.7. The van der Waals surface area contributed by atoms with E-state index < -0.39 is 34.3 Å². The average molecular weight is 443 g/mol. The molecule has 0 fully saturated rings. The number of benzene rings is 2. The van der Waals surface area contributed by atoms with E-state index in [9.17, 15) is 26.4 Å². The van der Waals surface area contributed by atoms with Gasteiger partial charge < -0.3 is 9.84 Å². The average Bonchev–Trinajstić information content (AvgIpc) is 2.70. The number of halogens is 3. The molecule has 0 aromatic heterocycles. The van der Waals surface area contributed by atoms with Crippen LogP contribution in [0.25, 0.3) is 0 Å². The van der Waals surface area contributed by atoms with E-state index in [0.29, 0.717) is 5.75 Å². The van der Waals surface area contributed by atoms with Crippen LogP contribution >= 0.6 is 0 Å². The van der Waals surface area contributed by atoms with E-state index in [-0.39, 0.29) is 17.4 Å². The summed E-state index contributed by atoms with van der Waals surface area (Å²) in [7, 11) is -3.96. The van der Waals surface area contributed by atoms with Crippen molar-refractivity contribution >= 4 is 16.0 Å². The predicted molar refractivity (Wildman–Crippen MR) is 102 cm³/mol. The van der Waals surface area contributed by atoms with E-state index in [2.05, 4.69) is 4.72 Å². The second kappa shape index (κ2) is 8.65. The van der Waals surface area contributed by atoms with Crippen LogP contribution in [0.1, 0.15) is 35.4 Å². The lowest BCUT2D eigenvalue weighted by Crippen LogP contribution is -2.30. The summed E-state index contributed by atoms with van der Waals surface area (Å²) in [4.78, 5) is 10.4. The molecule has 1 atom stereocenters. The minimum absolute atomic E-state index is 0.103. The number of carboxylic acids is 1. The summed E-state index contributed by atoms with van der Waals surface area (Å²) >= 11 is 0. The summed E-state index contributed by atoms with van der Waals surface area (Å²) in [6.07, 6.45) is -2.20. The van der Waals surface area contributed by atoms with Gasteiger partial charge in [-0.2, -0.15) is 13.2 Å². The second-order valence-electron chi connectivity index (χ2n) is 7.01. The molecule has 1 aliphatic rings. The van der Waals surface area contributed by atoms with Gasteiger partial charge >= 0.3 is 12.1 Å². The number of nitrogens with one attached hydrogen (secondary N) is 1. The zero-order chi connectivity index (χ0) is 21.9. The third-order valence-corrected chi connectivity index (χ3v) is 6.37. The summed E-state index contributed by atoms with van der Waals surface area (Å²) in [6, 6.07) is 8.55. The van der Waals surface area contributed by atoms with Crippen LogP contribution in [0.4, 0.5) is 13.2 Å². The van der Waals surface area contributed by atoms with Crippen molar-refractivity contribution < 1.29 is 36.2 Å². The Morgan fingerprint density at radius 3 is 2.50 bits per heavy atom. The molecule has 6 nitrogen and oxygen atoms in total. The smallest absolute Gasteiger partial charge is 0.416 e. The van der Waals surface area contributed by atoms with Gasteiger partial charge in [0.2, 0.25) is 10.0 Å². The highest BCUT2D eigenvalue weighted by atomic mass is 32.2. The molecule has 0 heterocycles. The number of fused-ring (bicyclic) bond motifs is 1. The number of hydrogen-bond donors (Lipinski definition) is 2. The predicted octanol–water partition coefficient (Wildman–Crippen LogP) is 3.57. The fourth-order valence-corrected chi connectivity index (χ4v) is 4.54. The highest BCUT2D eigenvalue weighted by Gasteiger charge is 2.31. The fourth-order valence-electron chi connectivity index (χ4n) is 3.45. The van der Waals surface area contributed by atoms with Crippen LogP contribution in [0.5, 0.6) is 5.75 Å². The van der Waals surface area contributed by atoms with Gasteiger partial charge in [0.1, 0.15) is 5.75 Å². The number of carbonyl (C=O) groups is 1. The van der Waals surface area contributed by atoms with Gasteiger partial charge in [0.25, 0.3) is 0 Å². The SMILES string of the molecule is O=C(O)COc1ccc2c(c1)CCCC2CNS(=O)(=O)c1ccc(C(F)(F)F)cc1. The molecule has 2 aromatic carbocycles. The lowest BCUT2D eigenvalue weighted by Gasteiger charge is -2.26. The van der Waals surface area contributed by atoms with Gasteiger partial charge in [0, 0.05) is 6.54 Å². The Balaban J connectivity index is 1.69. The number of aliphatic carboxylic acids is 1. The number of ether oxygens (including phenoxy) is 1. The van der Waals surface area contributed by atoms with Crippen molar-refractivity contribution in [3.63, 3.8) is 0 Å². The molecule has 162 valence electrons. The Hall–Kier alpha value is -2.59. The lowest BCUT2D eigenvalue weighted by molar-refractivity contribution is -0.139. The molecule has 10 heteroatoms. The number of aryl methyl sites for hydroxylation is 1. The summed E-state index contributed by atoms with van der Waals surface area (Å²) in [5, 5.41) is 8.70. The van der Waals surface area contributed by atoms with Crippen LogP contribution in [0.2, 0.25) is 0 Å². The first-order chi connectivity index (χ1) is 14.1. The first-order valence-electron chi connectivity index (χ1n) is 9.20. The van der Waals surface area contributed by atoms with Crippen LogP contribution in [-0.2, 0) is 27.4 Å². The van der Waals surface area contributed by atoms with Crippen molar-refractivity contribution in [2.45, 2.75) is 36.3 Å². The van der Waals surface area contributed by atoms with Crippen molar-refractivity contribution in [3.05, 3.63) is 59.2 Å².